The highest BCUT2D eigenvalue weighted by Crippen LogP contribution is 2.14. The molecule has 2 aliphatic rings. The average Bonchev–Trinajstić information content (AvgIpc) is 3.37. The van der Waals surface area contributed by atoms with E-state index in [1.165, 1.54) is 29.8 Å². The number of carbonyl (C=O) groups is 1. The summed E-state index contributed by atoms with van der Waals surface area (Å²) in [5.41, 5.74) is 2.65. The van der Waals surface area contributed by atoms with Crippen molar-refractivity contribution in [2.24, 2.45) is 0 Å². The first-order chi connectivity index (χ1) is 16.0. The number of hydrogen-bond acceptors (Lipinski definition) is 6. The molecule has 1 unspecified atom stereocenters. The molecule has 2 saturated heterocycles. The first-order valence-electron chi connectivity index (χ1n) is 11.4. The summed E-state index contributed by atoms with van der Waals surface area (Å²) in [5, 5.41) is 2.89. The lowest BCUT2D eigenvalue weighted by Gasteiger charge is -2.26. The van der Waals surface area contributed by atoms with Gasteiger partial charge in [-0.2, -0.15) is 0 Å². The van der Waals surface area contributed by atoms with E-state index < -0.39 is 10.0 Å². The van der Waals surface area contributed by atoms with Gasteiger partial charge < -0.3 is 14.8 Å². The molecule has 2 aliphatic heterocycles. The predicted molar refractivity (Wildman–Crippen MR) is 124 cm³/mol. The first kappa shape index (κ1) is 23.8. The summed E-state index contributed by atoms with van der Waals surface area (Å²) in [6.45, 7) is 5.69. The summed E-state index contributed by atoms with van der Waals surface area (Å²) in [5.74, 6) is -0.247. The molecule has 4 rings (SSSR count). The van der Waals surface area contributed by atoms with Gasteiger partial charge in [-0.05, 0) is 48.2 Å². The minimum atomic E-state index is -3.63. The van der Waals surface area contributed by atoms with Crippen LogP contribution in [0.3, 0.4) is 0 Å². The van der Waals surface area contributed by atoms with Gasteiger partial charge in [0.1, 0.15) is 0 Å². The molecule has 2 aromatic carbocycles. The number of morpholine rings is 1. The maximum absolute atomic E-state index is 12.5. The zero-order valence-corrected chi connectivity index (χ0v) is 19.5. The van der Waals surface area contributed by atoms with Crippen LogP contribution in [0.5, 0.6) is 0 Å². The molecule has 9 heteroatoms. The normalized spacial score (nSPS) is 19.5. The minimum absolute atomic E-state index is 0.0711. The second-order valence-corrected chi connectivity index (χ2v) is 10.2. The molecule has 2 heterocycles. The zero-order chi connectivity index (χ0) is 23.1. The largest absolute Gasteiger partial charge is 0.379 e. The lowest BCUT2D eigenvalue weighted by molar-refractivity contribution is 0.0342. The van der Waals surface area contributed by atoms with Crippen LogP contribution in [0.25, 0.3) is 0 Å². The number of nitrogens with zero attached hydrogens (tertiary/aromatic N) is 1. The summed E-state index contributed by atoms with van der Waals surface area (Å²) < 4.78 is 38.3. The van der Waals surface area contributed by atoms with Gasteiger partial charge in [0, 0.05) is 44.9 Å². The predicted octanol–water partition coefficient (Wildman–Crippen LogP) is 1.91. The van der Waals surface area contributed by atoms with Crippen molar-refractivity contribution in [3.05, 3.63) is 65.2 Å². The third-order valence-corrected chi connectivity index (χ3v) is 7.38. The van der Waals surface area contributed by atoms with Gasteiger partial charge in [0.25, 0.3) is 5.91 Å². The topological polar surface area (TPSA) is 97.0 Å². The maximum atomic E-state index is 12.5. The Morgan fingerprint density at radius 1 is 0.970 bits per heavy atom. The number of hydrogen-bond donors (Lipinski definition) is 2. The molecule has 33 heavy (non-hydrogen) atoms. The van der Waals surface area contributed by atoms with Crippen molar-refractivity contribution in [2.75, 3.05) is 39.5 Å². The summed E-state index contributed by atoms with van der Waals surface area (Å²) in [4.78, 5) is 15.0. The van der Waals surface area contributed by atoms with E-state index in [1.807, 2.05) is 12.1 Å². The number of nitrogens with one attached hydrogen (secondary N) is 2. The molecule has 0 aliphatic carbocycles. The molecule has 0 radical (unpaired) electrons. The van der Waals surface area contributed by atoms with Crippen LogP contribution < -0.4 is 10.0 Å². The Hall–Kier alpha value is -2.30. The monoisotopic (exact) mass is 473 g/mol. The number of amides is 1. The molecule has 1 atom stereocenters. The van der Waals surface area contributed by atoms with Gasteiger partial charge in [-0.15, -0.1) is 0 Å². The van der Waals surface area contributed by atoms with Crippen LogP contribution in [0.1, 0.15) is 34.3 Å². The van der Waals surface area contributed by atoms with E-state index in [9.17, 15) is 13.2 Å². The smallest absolute Gasteiger partial charge is 0.251 e. The second-order valence-electron chi connectivity index (χ2n) is 8.40. The Balaban J connectivity index is 1.26. The van der Waals surface area contributed by atoms with Crippen LogP contribution >= 0.6 is 0 Å². The Morgan fingerprint density at radius 2 is 1.67 bits per heavy atom. The van der Waals surface area contributed by atoms with E-state index >= 15 is 0 Å². The van der Waals surface area contributed by atoms with Gasteiger partial charge in [0.05, 0.1) is 24.2 Å². The van der Waals surface area contributed by atoms with Crippen molar-refractivity contribution in [1.29, 1.82) is 0 Å². The molecule has 2 aromatic rings. The molecule has 0 aromatic heterocycles. The summed E-state index contributed by atoms with van der Waals surface area (Å²) in [7, 11) is -3.63. The number of rotatable bonds is 9. The maximum Gasteiger partial charge on any atom is 0.251 e. The lowest BCUT2D eigenvalue weighted by Crippen LogP contribution is -2.35. The fourth-order valence-corrected chi connectivity index (χ4v) is 5.01. The van der Waals surface area contributed by atoms with Gasteiger partial charge in [-0.25, -0.2) is 13.1 Å². The number of ether oxygens (including phenoxy) is 2. The second kappa shape index (κ2) is 11.2. The average molecular weight is 474 g/mol. The van der Waals surface area contributed by atoms with Crippen LogP contribution in [0, 0.1) is 0 Å². The van der Waals surface area contributed by atoms with Gasteiger partial charge in [-0.1, -0.05) is 24.3 Å². The highest BCUT2D eigenvalue weighted by atomic mass is 32.2. The molecule has 2 fully saturated rings. The third kappa shape index (κ3) is 6.84. The number of benzene rings is 2. The third-order valence-electron chi connectivity index (χ3n) is 5.94. The SMILES string of the molecule is O=C(NCc1ccc(CN2CCOCC2)cc1)c1ccc(S(=O)(=O)NCC2CCCO2)cc1. The van der Waals surface area contributed by atoms with Crippen molar-refractivity contribution in [2.45, 2.75) is 36.9 Å². The van der Waals surface area contributed by atoms with Gasteiger partial charge in [-0.3, -0.25) is 9.69 Å². The molecule has 2 N–H and O–H groups in total. The van der Waals surface area contributed by atoms with Gasteiger partial charge in [0.15, 0.2) is 0 Å². The van der Waals surface area contributed by atoms with Crippen LogP contribution in [0.15, 0.2) is 53.4 Å². The summed E-state index contributed by atoms with van der Waals surface area (Å²) in [6, 6.07) is 14.2. The lowest BCUT2D eigenvalue weighted by atomic mass is 10.1. The fourth-order valence-electron chi connectivity index (χ4n) is 3.94. The van der Waals surface area contributed by atoms with E-state index in [0.717, 1.165) is 51.3 Å². The van der Waals surface area contributed by atoms with Crippen LogP contribution in [0.2, 0.25) is 0 Å². The van der Waals surface area contributed by atoms with Crippen LogP contribution in [-0.4, -0.2) is 64.8 Å². The quantitative estimate of drug-likeness (QED) is 0.578. The molecular formula is C24H31N3O5S. The molecule has 8 nitrogen and oxygen atoms in total. The van der Waals surface area contributed by atoms with Crippen LogP contribution in [-0.2, 0) is 32.6 Å². The summed E-state index contributed by atoms with van der Waals surface area (Å²) in [6.07, 6.45) is 1.74. The zero-order valence-electron chi connectivity index (χ0n) is 18.7. The standard InChI is InChI=1S/C24H31N3O5S/c28-24(25-16-19-3-5-20(6-4-19)18-27-11-14-31-15-12-27)21-7-9-23(10-8-21)33(29,30)26-17-22-2-1-13-32-22/h3-10,22,26H,1-2,11-18H2,(H,25,28). The molecule has 0 saturated carbocycles. The Labute approximate surface area is 195 Å². The van der Waals surface area contributed by atoms with E-state index in [4.69, 9.17) is 9.47 Å². The molecule has 0 bridgehead atoms. The van der Waals surface area contributed by atoms with E-state index in [0.29, 0.717) is 18.7 Å². The Morgan fingerprint density at radius 3 is 2.33 bits per heavy atom. The molecular weight excluding hydrogens is 442 g/mol. The van der Waals surface area contributed by atoms with Crippen molar-refractivity contribution in [1.82, 2.24) is 14.9 Å². The van der Waals surface area contributed by atoms with Gasteiger partial charge >= 0.3 is 0 Å². The Kier molecular flexibility index (Phi) is 8.11. The minimum Gasteiger partial charge on any atom is -0.379 e. The number of carbonyl (C=O) groups excluding carboxylic acids is 1. The molecule has 178 valence electrons. The van der Waals surface area contributed by atoms with E-state index in [2.05, 4.69) is 27.1 Å². The number of sulfonamides is 1. The summed E-state index contributed by atoms with van der Waals surface area (Å²) >= 11 is 0. The highest BCUT2D eigenvalue weighted by Gasteiger charge is 2.20. The van der Waals surface area contributed by atoms with Crippen molar-refractivity contribution < 1.29 is 22.7 Å². The van der Waals surface area contributed by atoms with E-state index in [1.54, 1.807) is 0 Å². The van der Waals surface area contributed by atoms with Crippen LogP contribution in [0.4, 0.5) is 0 Å². The fraction of sp³-hybridized carbons (Fsp3) is 0.458. The first-order valence-corrected chi connectivity index (χ1v) is 12.9. The van der Waals surface area contributed by atoms with Crippen molar-refractivity contribution in [3.8, 4) is 0 Å². The highest BCUT2D eigenvalue weighted by molar-refractivity contribution is 7.89. The Bertz CT molecular complexity index is 1010. The van der Waals surface area contributed by atoms with Gasteiger partial charge in [0.2, 0.25) is 10.0 Å². The molecule has 0 spiro atoms. The van der Waals surface area contributed by atoms with Crippen molar-refractivity contribution >= 4 is 15.9 Å². The van der Waals surface area contributed by atoms with Crippen molar-refractivity contribution in [3.63, 3.8) is 0 Å². The molecule has 1 amide bonds. The van der Waals surface area contributed by atoms with E-state index in [-0.39, 0.29) is 23.5 Å².